The molecule has 1 atom stereocenters. The van der Waals surface area contributed by atoms with Gasteiger partial charge in [0.2, 0.25) is 0 Å². The molecule has 0 aliphatic heterocycles. The third-order valence-electron chi connectivity index (χ3n) is 3.64. The molecule has 0 aliphatic carbocycles. The molecule has 0 amide bonds. The lowest BCUT2D eigenvalue weighted by Crippen LogP contribution is -2.11. The second-order valence-electron chi connectivity index (χ2n) is 5.70. The minimum atomic E-state index is -0.418. The number of aromatic amines is 1. The van der Waals surface area contributed by atoms with E-state index in [0.29, 0.717) is 6.42 Å². The Morgan fingerprint density at radius 3 is 2.91 bits per heavy atom. The van der Waals surface area contributed by atoms with Crippen molar-refractivity contribution in [1.29, 1.82) is 0 Å². The summed E-state index contributed by atoms with van der Waals surface area (Å²) in [7, 11) is 0. The maximum absolute atomic E-state index is 9.82. The molecule has 0 fully saturated rings. The molecule has 114 valence electrons. The predicted molar refractivity (Wildman–Crippen MR) is 85.5 cm³/mol. The number of hydrogen-bond donors (Lipinski definition) is 2. The van der Waals surface area contributed by atoms with Crippen molar-refractivity contribution in [3.8, 4) is 11.3 Å². The van der Waals surface area contributed by atoms with Crippen LogP contribution in [0.3, 0.4) is 0 Å². The number of aromatic nitrogens is 4. The van der Waals surface area contributed by atoms with E-state index in [1.807, 2.05) is 12.5 Å². The predicted octanol–water partition coefficient (Wildman–Crippen LogP) is 2.55. The Kier molecular flexibility index (Phi) is 4.06. The molecule has 2 heterocycles. The van der Waals surface area contributed by atoms with Gasteiger partial charge in [0.1, 0.15) is 0 Å². The van der Waals surface area contributed by atoms with E-state index in [9.17, 15) is 5.11 Å². The van der Waals surface area contributed by atoms with E-state index in [4.69, 9.17) is 0 Å². The highest BCUT2D eigenvalue weighted by atomic mass is 16.3. The molecule has 5 heteroatoms. The molecule has 3 rings (SSSR count). The van der Waals surface area contributed by atoms with Gasteiger partial charge in [-0.1, -0.05) is 29.8 Å². The number of benzene rings is 1. The minimum Gasteiger partial charge on any atom is -0.393 e. The summed E-state index contributed by atoms with van der Waals surface area (Å²) in [6.45, 7) is 4.63. The van der Waals surface area contributed by atoms with E-state index < -0.39 is 6.10 Å². The van der Waals surface area contributed by atoms with E-state index in [1.54, 1.807) is 13.1 Å². The summed E-state index contributed by atoms with van der Waals surface area (Å²) in [6.07, 6.45) is 5.56. The monoisotopic (exact) mass is 296 g/mol. The first kappa shape index (κ1) is 14.5. The number of hydrogen-bond acceptors (Lipinski definition) is 3. The number of aliphatic hydroxyl groups excluding tert-OH is 1. The van der Waals surface area contributed by atoms with Crippen LogP contribution in [0, 0.1) is 6.92 Å². The van der Waals surface area contributed by atoms with Crippen LogP contribution in [0.25, 0.3) is 11.3 Å². The second kappa shape index (κ2) is 6.15. The van der Waals surface area contributed by atoms with Crippen LogP contribution in [0.4, 0.5) is 0 Å². The highest BCUT2D eigenvalue weighted by molar-refractivity contribution is 5.60. The largest absolute Gasteiger partial charge is 0.393 e. The van der Waals surface area contributed by atoms with Crippen LogP contribution >= 0.6 is 0 Å². The maximum Gasteiger partial charge on any atom is 0.0959 e. The third kappa shape index (κ3) is 3.09. The number of aryl methyl sites for hydroxylation is 1. The van der Waals surface area contributed by atoms with Crippen LogP contribution < -0.4 is 0 Å². The van der Waals surface area contributed by atoms with E-state index in [0.717, 1.165) is 23.5 Å². The zero-order valence-corrected chi connectivity index (χ0v) is 12.8. The van der Waals surface area contributed by atoms with E-state index in [-0.39, 0.29) is 0 Å². The lowest BCUT2D eigenvalue weighted by atomic mass is 10.1. The Morgan fingerprint density at radius 2 is 2.23 bits per heavy atom. The highest BCUT2D eigenvalue weighted by Gasteiger charge is 2.15. The van der Waals surface area contributed by atoms with Gasteiger partial charge >= 0.3 is 0 Å². The summed E-state index contributed by atoms with van der Waals surface area (Å²) in [5.41, 5.74) is 5.31. The first-order chi connectivity index (χ1) is 10.6. The molecule has 2 aromatic heterocycles. The van der Waals surface area contributed by atoms with Crippen molar-refractivity contribution in [1.82, 2.24) is 19.7 Å². The van der Waals surface area contributed by atoms with Crippen molar-refractivity contribution >= 4 is 0 Å². The van der Waals surface area contributed by atoms with Crippen LogP contribution in [0.2, 0.25) is 0 Å². The average molecular weight is 296 g/mol. The lowest BCUT2D eigenvalue weighted by molar-refractivity contribution is 0.193. The van der Waals surface area contributed by atoms with Gasteiger partial charge in [0.15, 0.2) is 0 Å². The molecule has 0 radical (unpaired) electrons. The van der Waals surface area contributed by atoms with Gasteiger partial charge in [-0.15, -0.1) is 0 Å². The Labute approximate surface area is 129 Å². The molecule has 0 spiro atoms. The van der Waals surface area contributed by atoms with Crippen LogP contribution in [0.15, 0.2) is 43.0 Å². The van der Waals surface area contributed by atoms with Crippen LogP contribution in [-0.4, -0.2) is 31.0 Å². The normalized spacial score (nSPS) is 12.5. The van der Waals surface area contributed by atoms with Gasteiger partial charge in [-0.3, -0.25) is 5.10 Å². The fourth-order valence-electron chi connectivity index (χ4n) is 2.67. The van der Waals surface area contributed by atoms with Gasteiger partial charge in [0, 0.05) is 30.4 Å². The van der Waals surface area contributed by atoms with E-state index >= 15 is 0 Å². The Hall–Kier alpha value is -2.40. The molecule has 0 aliphatic rings. The summed E-state index contributed by atoms with van der Waals surface area (Å²) in [5, 5.41) is 16.6. The zero-order valence-electron chi connectivity index (χ0n) is 12.8. The molecule has 0 bridgehead atoms. The first-order valence-corrected chi connectivity index (χ1v) is 7.40. The molecule has 0 saturated carbocycles. The van der Waals surface area contributed by atoms with Crippen molar-refractivity contribution in [3.05, 3.63) is 59.8 Å². The molecule has 0 saturated heterocycles. The van der Waals surface area contributed by atoms with Crippen molar-refractivity contribution in [2.24, 2.45) is 0 Å². The lowest BCUT2D eigenvalue weighted by Gasteiger charge is -2.12. The maximum atomic E-state index is 9.82. The van der Waals surface area contributed by atoms with Crippen molar-refractivity contribution in [2.75, 3.05) is 0 Å². The summed E-state index contributed by atoms with van der Waals surface area (Å²) < 4.78 is 2.10. The molecule has 1 aromatic carbocycles. The average Bonchev–Trinajstić information content (AvgIpc) is 3.09. The molecular formula is C17H20N4O. The molecule has 1 unspecified atom stereocenters. The van der Waals surface area contributed by atoms with Crippen molar-refractivity contribution in [3.63, 3.8) is 0 Å². The summed E-state index contributed by atoms with van der Waals surface area (Å²) >= 11 is 0. The zero-order chi connectivity index (χ0) is 15.5. The summed E-state index contributed by atoms with van der Waals surface area (Å²) in [4.78, 5) is 4.52. The Balaban J connectivity index is 1.97. The van der Waals surface area contributed by atoms with Crippen molar-refractivity contribution in [2.45, 2.75) is 32.9 Å². The molecule has 3 aromatic rings. The number of H-pyrrole nitrogens is 1. The van der Waals surface area contributed by atoms with Gasteiger partial charge < -0.3 is 9.67 Å². The summed E-state index contributed by atoms with van der Waals surface area (Å²) in [6, 6.07) is 8.43. The fraction of sp³-hybridized carbons (Fsp3) is 0.294. The minimum absolute atomic E-state index is 0.418. The standard InChI is InChI=1S/C17H20N4O/c1-12-4-3-5-14(6-12)10-21-11-18-17(15-8-19-20-9-15)16(21)7-13(2)22/h3-6,8-9,11,13,22H,7,10H2,1-2H3,(H,19,20). The quantitative estimate of drug-likeness (QED) is 0.760. The third-order valence-corrected chi connectivity index (χ3v) is 3.64. The topological polar surface area (TPSA) is 66.7 Å². The number of imidazole rings is 1. The molecule has 22 heavy (non-hydrogen) atoms. The number of nitrogens with zero attached hydrogens (tertiary/aromatic N) is 3. The van der Waals surface area contributed by atoms with E-state index in [1.165, 1.54) is 11.1 Å². The van der Waals surface area contributed by atoms with Crippen molar-refractivity contribution < 1.29 is 5.11 Å². The van der Waals surface area contributed by atoms with Crippen LogP contribution in [0.1, 0.15) is 23.7 Å². The smallest absolute Gasteiger partial charge is 0.0959 e. The molecule has 5 nitrogen and oxygen atoms in total. The van der Waals surface area contributed by atoms with Crippen LogP contribution in [0.5, 0.6) is 0 Å². The van der Waals surface area contributed by atoms with Gasteiger partial charge in [-0.2, -0.15) is 5.10 Å². The van der Waals surface area contributed by atoms with Crippen LogP contribution in [-0.2, 0) is 13.0 Å². The van der Waals surface area contributed by atoms with Gasteiger partial charge in [-0.25, -0.2) is 4.98 Å². The van der Waals surface area contributed by atoms with E-state index in [2.05, 4.69) is 50.9 Å². The Bertz CT molecular complexity index is 744. The summed E-state index contributed by atoms with van der Waals surface area (Å²) in [5.74, 6) is 0. The van der Waals surface area contributed by atoms with Gasteiger partial charge in [0.25, 0.3) is 0 Å². The number of aliphatic hydroxyl groups is 1. The number of rotatable bonds is 5. The van der Waals surface area contributed by atoms with Gasteiger partial charge in [0.05, 0.1) is 24.3 Å². The number of nitrogens with one attached hydrogen (secondary N) is 1. The fourth-order valence-corrected chi connectivity index (χ4v) is 2.67. The SMILES string of the molecule is Cc1cccc(Cn2cnc(-c3cn[nH]c3)c2CC(C)O)c1. The first-order valence-electron chi connectivity index (χ1n) is 7.40. The highest BCUT2D eigenvalue weighted by Crippen LogP contribution is 2.23. The molecule has 2 N–H and O–H groups in total. The second-order valence-corrected chi connectivity index (χ2v) is 5.70. The Morgan fingerprint density at radius 1 is 1.36 bits per heavy atom. The van der Waals surface area contributed by atoms with Gasteiger partial charge in [-0.05, 0) is 19.4 Å². The molecular weight excluding hydrogens is 276 g/mol.